The van der Waals surface area contributed by atoms with Gasteiger partial charge >= 0.3 is 0 Å². The monoisotopic (exact) mass is 363 g/mol. The van der Waals surface area contributed by atoms with Gasteiger partial charge in [-0.2, -0.15) is 0 Å². The van der Waals surface area contributed by atoms with Crippen LogP contribution in [0, 0.1) is 0 Å². The van der Waals surface area contributed by atoms with E-state index in [0.29, 0.717) is 18.1 Å². The van der Waals surface area contributed by atoms with Crippen LogP contribution in [0.15, 0.2) is 84.9 Å². The van der Waals surface area contributed by atoms with E-state index in [1.54, 1.807) is 0 Å². The molecule has 0 bridgehead atoms. The molecule has 3 aromatic carbocycles. The van der Waals surface area contributed by atoms with Crippen molar-refractivity contribution in [3.05, 3.63) is 107 Å². The minimum atomic E-state index is -0.249. The van der Waals surface area contributed by atoms with Crippen molar-refractivity contribution in [3.8, 4) is 0 Å². The zero-order chi connectivity index (χ0) is 18.4. The molecule has 0 aliphatic rings. The highest BCUT2D eigenvalue weighted by Gasteiger charge is 2.22. The van der Waals surface area contributed by atoms with E-state index in [1.165, 1.54) is 0 Å². The number of carbonyl (C=O) groups is 1. The highest BCUT2D eigenvalue weighted by Crippen LogP contribution is 2.23. The van der Waals surface area contributed by atoms with Gasteiger partial charge in [0.1, 0.15) is 0 Å². The Morgan fingerprint density at radius 2 is 1.38 bits per heavy atom. The first-order valence-electron chi connectivity index (χ1n) is 8.75. The molecule has 0 fully saturated rings. The molecule has 3 aromatic rings. The Morgan fingerprint density at radius 1 is 0.846 bits per heavy atom. The van der Waals surface area contributed by atoms with Crippen LogP contribution >= 0.6 is 11.6 Å². The van der Waals surface area contributed by atoms with Crippen LogP contribution < -0.4 is 0 Å². The Bertz CT molecular complexity index is 807. The Balaban J connectivity index is 1.84. The molecule has 0 spiro atoms. The number of nitrogens with zero attached hydrogens (tertiary/aromatic N) is 1. The lowest BCUT2D eigenvalue weighted by Gasteiger charge is -2.26. The molecule has 0 heterocycles. The highest BCUT2D eigenvalue weighted by atomic mass is 35.5. The molecular formula is C23H22ClNO. The molecule has 0 aliphatic heterocycles. The molecule has 0 N–H and O–H groups in total. The van der Waals surface area contributed by atoms with Crippen LogP contribution in [0.25, 0.3) is 0 Å². The molecule has 1 amide bonds. The summed E-state index contributed by atoms with van der Waals surface area (Å²) in [6, 6.07) is 27.7. The van der Waals surface area contributed by atoms with Crippen LogP contribution in [0.4, 0.5) is 0 Å². The van der Waals surface area contributed by atoms with E-state index in [2.05, 4.69) is 24.3 Å². The zero-order valence-corrected chi connectivity index (χ0v) is 15.6. The number of hydrogen-bond acceptors (Lipinski definition) is 1. The van der Waals surface area contributed by atoms with E-state index in [-0.39, 0.29) is 11.8 Å². The first-order chi connectivity index (χ1) is 12.6. The van der Waals surface area contributed by atoms with Gasteiger partial charge in [-0.1, -0.05) is 84.4 Å². The van der Waals surface area contributed by atoms with E-state index in [0.717, 1.165) is 16.7 Å². The smallest absolute Gasteiger partial charge is 0.230 e. The summed E-state index contributed by atoms with van der Waals surface area (Å²) in [7, 11) is 0. The number of rotatable bonds is 6. The molecule has 132 valence electrons. The minimum absolute atomic E-state index is 0.0972. The van der Waals surface area contributed by atoms with Gasteiger partial charge in [-0.3, -0.25) is 4.79 Å². The predicted octanol–water partition coefficient (Wildman–Crippen LogP) is 5.67. The van der Waals surface area contributed by atoms with Crippen molar-refractivity contribution >= 4 is 17.5 Å². The molecule has 26 heavy (non-hydrogen) atoms. The summed E-state index contributed by atoms with van der Waals surface area (Å²) < 4.78 is 0. The van der Waals surface area contributed by atoms with Gasteiger partial charge in [0.05, 0.1) is 5.92 Å². The second kappa shape index (κ2) is 8.68. The molecule has 2 nitrogen and oxygen atoms in total. The van der Waals surface area contributed by atoms with Crippen molar-refractivity contribution in [2.75, 3.05) is 0 Å². The van der Waals surface area contributed by atoms with E-state index < -0.39 is 0 Å². The first kappa shape index (κ1) is 18.2. The van der Waals surface area contributed by atoms with Crippen molar-refractivity contribution in [1.82, 2.24) is 4.90 Å². The average molecular weight is 364 g/mol. The predicted molar refractivity (Wildman–Crippen MR) is 107 cm³/mol. The van der Waals surface area contributed by atoms with Gasteiger partial charge in [0, 0.05) is 18.1 Å². The fraction of sp³-hybridized carbons (Fsp3) is 0.174. The number of carbonyl (C=O) groups excluding carboxylic acids is 1. The molecule has 3 rings (SSSR count). The normalized spacial score (nSPS) is 11.8. The quantitative estimate of drug-likeness (QED) is 0.552. The standard InChI is InChI=1S/C23H22ClNO/c1-18(21-13-8-14-22(24)15-21)23(26)25(16-19-9-4-2-5-10-19)17-20-11-6-3-7-12-20/h2-15,18H,16-17H2,1H3. The second-order valence-electron chi connectivity index (χ2n) is 6.44. The minimum Gasteiger partial charge on any atom is -0.334 e. The van der Waals surface area contributed by atoms with Crippen molar-refractivity contribution in [3.63, 3.8) is 0 Å². The lowest BCUT2D eigenvalue weighted by atomic mass is 9.99. The summed E-state index contributed by atoms with van der Waals surface area (Å²) in [4.78, 5) is 15.2. The summed E-state index contributed by atoms with van der Waals surface area (Å²) in [6.45, 7) is 3.11. The maximum Gasteiger partial charge on any atom is 0.230 e. The SMILES string of the molecule is CC(C(=O)N(Cc1ccccc1)Cc1ccccc1)c1cccc(Cl)c1. The first-order valence-corrected chi connectivity index (χ1v) is 9.13. The third-order valence-electron chi connectivity index (χ3n) is 4.46. The Labute approximate surface area is 160 Å². The summed E-state index contributed by atoms with van der Waals surface area (Å²) in [5.74, 6) is -0.152. The molecule has 1 unspecified atom stereocenters. The maximum absolute atomic E-state index is 13.2. The van der Waals surface area contributed by atoms with Gasteiger partial charge in [0.15, 0.2) is 0 Å². The third-order valence-corrected chi connectivity index (χ3v) is 4.70. The van der Waals surface area contributed by atoms with Crippen LogP contribution in [0.3, 0.4) is 0 Å². The summed E-state index contributed by atoms with van der Waals surface area (Å²) in [5, 5.41) is 0.653. The third kappa shape index (κ3) is 4.74. The average Bonchev–Trinajstić information content (AvgIpc) is 2.68. The van der Waals surface area contributed by atoms with Crippen LogP contribution in [0.5, 0.6) is 0 Å². The van der Waals surface area contributed by atoms with E-state index in [4.69, 9.17) is 11.6 Å². The summed E-state index contributed by atoms with van der Waals surface area (Å²) >= 11 is 6.11. The van der Waals surface area contributed by atoms with Gasteiger partial charge in [0.25, 0.3) is 0 Å². The summed E-state index contributed by atoms with van der Waals surface area (Å²) in [6.07, 6.45) is 0. The fourth-order valence-electron chi connectivity index (χ4n) is 3.01. The molecule has 0 saturated carbocycles. The van der Waals surface area contributed by atoms with Gasteiger partial charge < -0.3 is 4.90 Å². The molecule has 0 aromatic heterocycles. The maximum atomic E-state index is 13.2. The largest absolute Gasteiger partial charge is 0.334 e. The highest BCUT2D eigenvalue weighted by molar-refractivity contribution is 6.30. The lowest BCUT2D eigenvalue weighted by molar-refractivity contribution is -0.133. The van der Waals surface area contributed by atoms with Crippen LogP contribution in [-0.2, 0) is 17.9 Å². The van der Waals surface area contributed by atoms with Crippen LogP contribution in [0.2, 0.25) is 5.02 Å². The second-order valence-corrected chi connectivity index (χ2v) is 6.88. The molecule has 3 heteroatoms. The van der Waals surface area contributed by atoms with Gasteiger partial charge in [-0.25, -0.2) is 0 Å². The zero-order valence-electron chi connectivity index (χ0n) is 14.8. The lowest BCUT2D eigenvalue weighted by Crippen LogP contribution is -2.33. The summed E-state index contributed by atoms with van der Waals surface area (Å²) in [5.41, 5.74) is 3.18. The number of benzene rings is 3. The van der Waals surface area contributed by atoms with E-state index in [9.17, 15) is 4.79 Å². The van der Waals surface area contributed by atoms with Crippen molar-refractivity contribution in [2.45, 2.75) is 25.9 Å². The number of halogens is 1. The van der Waals surface area contributed by atoms with Gasteiger partial charge in [-0.05, 0) is 35.7 Å². The Hall–Kier alpha value is -2.58. The molecule has 1 atom stereocenters. The van der Waals surface area contributed by atoms with Gasteiger partial charge in [0.2, 0.25) is 5.91 Å². The molecule has 0 radical (unpaired) electrons. The van der Waals surface area contributed by atoms with Crippen molar-refractivity contribution < 1.29 is 4.79 Å². The van der Waals surface area contributed by atoms with Crippen molar-refractivity contribution in [2.24, 2.45) is 0 Å². The van der Waals surface area contributed by atoms with E-state index in [1.807, 2.05) is 72.5 Å². The number of hydrogen-bond donors (Lipinski definition) is 0. The fourth-order valence-corrected chi connectivity index (χ4v) is 3.21. The Morgan fingerprint density at radius 3 is 1.88 bits per heavy atom. The van der Waals surface area contributed by atoms with E-state index >= 15 is 0 Å². The van der Waals surface area contributed by atoms with Crippen LogP contribution in [0.1, 0.15) is 29.5 Å². The van der Waals surface area contributed by atoms with Gasteiger partial charge in [-0.15, -0.1) is 0 Å². The molecular weight excluding hydrogens is 342 g/mol. The molecule has 0 aliphatic carbocycles. The van der Waals surface area contributed by atoms with Crippen LogP contribution in [-0.4, -0.2) is 10.8 Å². The van der Waals surface area contributed by atoms with Crippen molar-refractivity contribution in [1.29, 1.82) is 0 Å². The molecule has 0 saturated heterocycles. The topological polar surface area (TPSA) is 20.3 Å². The number of amides is 1. The Kier molecular flexibility index (Phi) is 6.08.